The van der Waals surface area contributed by atoms with Crippen molar-refractivity contribution in [1.82, 2.24) is 9.47 Å². The fourth-order valence-corrected chi connectivity index (χ4v) is 4.03. The predicted octanol–water partition coefficient (Wildman–Crippen LogP) is 5.10. The van der Waals surface area contributed by atoms with E-state index < -0.39 is 0 Å². The number of carbonyl (C=O) groups excluding carboxylic acids is 2. The molecule has 1 fully saturated rings. The van der Waals surface area contributed by atoms with Crippen LogP contribution in [0, 0.1) is 13.8 Å². The summed E-state index contributed by atoms with van der Waals surface area (Å²) >= 11 is 0.995. The molecule has 0 saturated carbocycles. The zero-order valence-corrected chi connectivity index (χ0v) is 16.5. The normalized spacial score (nSPS) is 16.2. The Labute approximate surface area is 158 Å². The lowest BCUT2D eigenvalue weighted by Gasteiger charge is -2.11. The van der Waals surface area contributed by atoms with Gasteiger partial charge in [0.25, 0.3) is 11.1 Å². The van der Waals surface area contributed by atoms with Gasteiger partial charge < -0.3 is 4.57 Å². The summed E-state index contributed by atoms with van der Waals surface area (Å²) in [5.41, 5.74) is 5.60. The first kappa shape index (κ1) is 18.5. The SMILES string of the molecule is CCCCc1ccc(-n2c(C)cc(/C=C3\SC(=O)N(C)C3=O)c2C)cc1. The minimum Gasteiger partial charge on any atom is -0.318 e. The number of nitrogens with zero attached hydrogens (tertiary/aromatic N) is 2. The third-order valence-electron chi connectivity index (χ3n) is 4.76. The number of imide groups is 1. The summed E-state index contributed by atoms with van der Waals surface area (Å²) in [5, 5.41) is -0.224. The molecule has 0 aliphatic carbocycles. The van der Waals surface area contributed by atoms with Crippen LogP contribution in [0.4, 0.5) is 4.79 Å². The Morgan fingerprint density at radius 3 is 2.38 bits per heavy atom. The van der Waals surface area contributed by atoms with E-state index in [9.17, 15) is 9.59 Å². The number of hydrogen-bond acceptors (Lipinski definition) is 3. The molecule has 0 N–H and O–H groups in total. The Balaban J connectivity index is 1.91. The highest BCUT2D eigenvalue weighted by atomic mass is 32.2. The summed E-state index contributed by atoms with van der Waals surface area (Å²) in [7, 11) is 1.52. The number of aromatic nitrogens is 1. The molecular formula is C21H24N2O2S. The van der Waals surface area contributed by atoms with Gasteiger partial charge in [0.15, 0.2) is 0 Å². The molecule has 2 heterocycles. The van der Waals surface area contributed by atoms with Crippen molar-refractivity contribution in [3.05, 3.63) is 57.8 Å². The molecule has 0 bridgehead atoms. The maximum atomic E-state index is 12.1. The quantitative estimate of drug-likeness (QED) is 0.689. The van der Waals surface area contributed by atoms with Crippen molar-refractivity contribution in [2.75, 3.05) is 7.05 Å². The minimum absolute atomic E-state index is 0.224. The third kappa shape index (κ3) is 3.49. The summed E-state index contributed by atoms with van der Waals surface area (Å²) in [5.74, 6) is -0.231. The van der Waals surface area contributed by atoms with Crippen molar-refractivity contribution in [1.29, 1.82) is 0 Å². The number of rotatable bonds is 5. The zero-order valence-electron chi connectivity index (χ0n) is 15.7. The van der Waals surface area contributed by atoms with Crippen LogP contribution in [-0.4, -0.2) is 27.7 Å². The molecule has 1 aromatic carbocycles. The van der Waals surface area contributed by atoms with Crippen LogP contribution in [-0.2, 0) is 11.2 Å². The Kier molecular flexibility index (Phi) is 5.37. The Morgan fingerprint density at radius 2 is 1.81 bits per heavy atom. The van der Waals surface area contributed by atoms with Crippen LogP contribution in [0.15, 0.2) is 35.2 Å². The van der Waals surface area contributed by atoms with E-state index in [1.807, 2.05) is 13.0 Å². The maximum Gasteiger partial charge on any atom is 0.293 e. The monoisotopic (exact) mass is 368 g/mol. The first-order valence-corrected chi connectivity index (χ1v) is 9.73. The highest BCUT2D eigenvalue weighted by Gasteiger charge is 2.32. The lowest BCUT2D eigenvalue weighted by atomic mass is 10.1. The van der Waals surface area contributed by atoms with Crippen LogP contribution in [0.5, 0.6) is 0 Å². The van der Waals surface area contributed by atoms with E-state index in [-0.39, 0.29) is 11.1 Å². The molecule has 136 valence electrons. The largest absolute Gasteiger partial charge is 0.318 e. The molecule has 5 heteroatoms. The number of benzene rings is 1. The lowest BCUT2D eigenvalue weighted by Crippen LogP contribution is -2.22. The topological polar surface area (TPSA) is 42.3 Å². The Hall–Kier alpha value is -2.27. The smallest absolute Gasteiger partial charge is 0.293 e. The van der Waals surface area contributed by atoms with E-state index in [2.05, 4.69) is 48.7 Å². The van der Waals surface area contributed by atoms with Crippen LogP contribution < -0.4 is 0 Å². The fourth-order valence-electron chi connectivity index (χ4n) is 3.21. The van der Waals surface area contributed by atoms with Crippen molar-refractivity contribution < 1.29 is 9.59 Å². The van der Waals surface area contributed by atoms with E-state index >= 15 is 0 Å². The molecule has 26 heavy (non-hydrogen) atoms. The summed E-state index contributed by atoms with van der Waals surface area (Å²) in [6.07, 6.45) is 5.34. The molecule has 1 saturated heterocycles. The number of hydrogen-bond donors (Lipinski definition) is 0. The molecule has 1 aliphatic rings. The molecule has 2 amide bonds. The molecular weight excluding hydrogens is 344 g/mol. The van der Waals surface area contributed by atoms with E-state index in [1.54, 1.807) is 0 Å². The van der Waals surface area contributed by atoms with Gasteiger partial charge in [0.05, 0.1) is 4.91 Å². The van der Waals surface area contributed by atoms with Crippen molar-refractivity contribution in [2.24, 2.45) is 0 Å². The second-order valence-electron chi connectivity index (χ2n) is 6.67. The molecule has 1 aliphatic heterocycles. The minimum atomic E-state index is -0.231. The number of thioether (sulfide) groups is 1. The van der Waals surface area contributed by atoms with Gasteiger partial charge in [-0.25, -0.2) is 0 Å². The summed E-state index contributed by atoms with van der Waals surface area (Å²) in [4.78, 5) is 25.5. The highest BCUT2D eigenvalue weighted by molar-refractivity contribution is 8.18. The summed E-state index contributed by atoms with van der Waals surface area (Å²) in [6.45, 7) is 6.30. The highest BCUT2D eigenvalue weighted by Crippen LogP contribution is 2.32. The molecule has 0 radical (unpaired) electrons. The van der Waals surface area contributed by atoms with Crippen molar-refractivity contribution >= 4 is 29.0 Å². The molecule has 4 nitrogen and oxygen atoms in total. The molecule has 3 rings (SSSR count). The lowest BCUT2D eigenvalue weighted by molar-refractivity contribution is -0.121. The van der Waals surface area contributed by atoms with Gasteiger partial charge in [0.1, 0.15) is 0 Å². The van der Waals surface area contributed by atoms with Gasteiger partial charge in [-0.2, -0.15) is 0 Å². The second kappa shape index (κ2) is 7.54. The van der Waals surface area contributed by atoms with E-state index in [4.69, 9.17) is 0 Å². The number of unbranched alkanes of at least 4 members (excludes halogenated alkanes) is 1. The molecule has 2 aromatic rings. The van der Waals surface area contributed by atoms with Gasteiger partial charge in [-0.05, 0) is 73.9 Å². The Bertz CT molecular complexity index is 878. The number of likely N-dealkylation sites (N-methyl/N-ethyl adjacent to an activating group) is 1. The van der Waals surface area contributed by atoms with Gasteiger partial charge in [0.2, 0.25) is 0 Å². The van der Waals surface area contributed by atoms with Crippen LogP contribution in [0.3, 0.4) is 0 Å². The van der Waals surface area contributed by atoms with Crippen molar-refractivity contribution in [3.8, 4) is 5.69 Å². The third-order valence-corrected chi connectivity index (χ3v) is 5.72. The summed E-state index contributed by atoms with van der Waals surface area (Å²) in [6, 6.07) is 10.7. The van der Waals surface area contributed by atoms with Crippen molar-refractivity contribution in [3.63, 3.8) is 0 Å². The molecule has 0 atom stereocenters. The van der Waals surface area contributed by atoms with Gasteiger partial charge in [-0.3, -0.25) is 14.5 Å². The molecule has 0 spiro atoms. The number of aryl methyl sites for hydroxylation is 2. The standard InChI is InChI=1S/C21H24N2O2S/c1-5-6-7-16-8-10-18(11-9-16)23-14(2)12-17(15(23)3)13-19-20(24)22(4)21(25)26-19/h8-13H,5-7H2,1-4H3/b19-13-. The van der Waals surface area contributed by atoms with Gasteiger partial charge in [-0.15, -0.1) is 0 Å². The van der Waals surface area contributed by atoms with E-state index in [1.165, 1.54) is 25.5 Å². The van der Waals surface area contributed by atoms with Gasteiger partial charge in [-0.1, -0.05) is 25.5 Å². The van der Waals surface area contributed by atoms with E-state index in [0.29, 0.717) is 4.91 Å². The summed E-state index contributed by atoms with van der Waals surface area (Å²) < 4.78 is 2.19. The number of amides is 2. The number of carbonyl (C=O) groups is 2. The first-order valence-electron chi connectivity index (χ1n) is 8.92. The fraction of sp³-hybridized carbons (Fsp3) is 0.333. The Morgan fingerprint density at radius 1 is 1.12 bits per heavy atom. The van der Waals surface area contributed by atoms with Crippen molar-refractivity contribution in [2.45, 2.75) is 40.0 Å². The maximum absolute atomic E-state index is 12.1. The average Bonchev–Trinajstić information content (AvgIpc) is 3.04. The van der Waals surface area contributed by atoms with Crippen LogP contribution >= 0.6 is 11.8 Å². The van der Waals surface area contributed by atoms with Gasteiger partial charge in [0, 0.05) is 24.1 Å². The average molecular weight is 369 g/mol. The van der Waals surface area contributed by atoms with Crippen LogP contribution in [0.25, 0.3) is 11.8 Å². The van der Waals surface area contributed by atoms with E-state index in [0.717, 1.165) is 45.7 Å². The zero-order chi connectivity index (χ0) is 18.8. The molecule has 0 unspecified atom stereocenters. The van der Waals surface area contributed by atoms with Crippen LogP contribution in [0.2, 0.25) is 0 Å². The predicted molar refractivity (Wildman–Crippen MR) is 108 cm³/mol. The second-order valence-corrected chi connectivity index (χ2v) is 7.67. The molecule has 1 aromatic heterocycles. The van der Waals surface area contributed by atoms with Crippen LogP contribution in [0.1, 0.15) is 42.3 Å². The first-order chi connectivity index (χ1) is 12.4. The van der Waals surface area contributed by atoms with Gasteiger partial charge >= 0.3 is 0 Å².